The summed E-state index contributed by atoms with van der Waals surface area (Å²) in [6, 6.07) is 4.90. The molecule has 0 bridgehead atoms. The number of aromatic nitrogens is 4. The number of ether oxygens (including phenoxy) is 1. The van der Waals surface area contributed by atoms with Gasteiger partial charge in [-0.15, -0.1) is 0 Å². The average Bonchev–Trinajstić information content (AvgIpc) is 2.73. The lowest BCUT2D eigenvalue weighted by Gasteiger charge is -2.19. The van der Waals surface area contributed by atoms with Gasteiger partial charge < -0.3 is 10.1 Å². The van der Waals surface area contributed by atoms with Gasteiger partial charge in [-0.2, -0.15) is 0 Å². The Morgan fingerprint density at radius 1 is 1.19 bits per heavy atom. The largest absolute Gasteiger partial charge is 0.495 e. The van der Waals surface area contributed by atoms with Crippen molar-refractivity contribution in [1.29, 1.82) is 0 Å². The number of methoxy groups -OCH3 is 1. The van der Waals surface area contributed by atoms with Crippen LogP contribution in [0.15, 0.2) is 32.8 Å². The van der Waals surface area contributed by atoms with Crippen molar-refractivity contribution in [2.75, 3.05) is 18.2 Å². The number of nitrogens with zero attached hydrogens (tertiary/aromatic N) is 4. The number of aryl methyl sites for hydroxylation is 1. The molecule has 2 aromatic heterocycles. The molecule has 1 amide bonds. The van der Waals surface area contributed by atoms with Crippen LogP contribution < -0.4 is 21.3 Å². The second-order valence-corrected chi connectivity index (χ2v) is 9.59. The van der Waals surface area contributed by atoms with Crippen molar-refractivity contribution in [3.05, 3.63) is 49.9 Å². The molecule has 0 aliphatic rings. The number of thioether (sulfide) groups is 1. The van der Waals surface area contributed by atoms with E-state index in [1.165, 1.54) is 18.7 Å². The maximum atomic E-state index is 12.9. The minimum absolute atomic E-state index is 0.0304. The molecule has 0 aliphatic heterocycles. The lowest BCUT2D eigenvalue weighted by Crippen LogP contribution is -2.38. The molecule has 0 spiro atoms. The molecule has 0 aliphatic carbocycles. The van der Waals surface area contributed by atoms with Crippen molar-refractivity contribution in [2.24, 2.45) is 14.1 Å². The van der Waals surface area contributed by atoms with Crippen LogP contribution in [0.3, 0.4) is 0 Å². The molecule has 0 saturated heterocycles. The number of hydrogen-bond donors (Lipinski definition) is 1. The van der Waals surface area contributed by atoms with Crippen LogP contribution >= 0.6 is 23.4 Å². The third-order valence-electron chi connectivity index (χ3n) is 4.71. The Morgan fingerprint density at radius 2 is 1.88 bits per heavy atom. The summed E-state index contributed by atoms with van der Waals surface area (Å²) >= 11 is 7.12. The van der Waals surface area contributed by atoms with E-state index in [-0.39, 0.29) is 22.7 Å². The standard InChI is InChI=1S/C21H24ClN5O4S/c1-21(2,3)19-24-16-15(18(29)27(5)20(30)26(16)4)17(25-19)32-10-14(28)23-12-9-11(22)7-8-13(12)31-6/h7-9H,10H2,1-6H3,(H,23,28). The number of nitrogens with one attached hydrogen (secondary N) is 1. The van der Waals surface area contributed by atoms with Gasteiger partial charge in [-0.25, -0.2) is 14.8 Å². The Balaban J connectivity index is 2.01. The van der Waals surface area contributed by atoms with Crippen molar-refractivity contribution < 1.29 is 9.53 Å². The highest BCUT2D eigenvalue weighted by molar-refractivity contribution is 8.00. The summed E-state index contributed by atoms with van der Waals surface area (Å²) in [6.45, 7) is 5.79. The summed E-state index contributed by atoms with van der Waals surface area (Å²) in [5, 5.41) is 3.75. The number of carbonyl (C=O) groups is 1. The summed E-state index contributed by atoms with van der Waals surface area (Å²) < 4.78 is 7.57. The number of anilines is 1. The molecular formula is C21H24ClN5O4S. The predicted molar refractivity (Wildman–Crippen MR) is 126 cm³/mol. The highest BCUT2D eigenvalue weighted by atomic mass is 35.5. The van der Waals surface area contributed by atoms with Crippen LogP contribution in [0.4, 0.5) is 5.69 Å². The van der Waals surface area contributed by atoms with Gasteiger partial charge in [0.25, 0.3) is 5.56 Å². The molecule has 170 valence electrons. The molecule has 11 heteroatoms. The SMILES string of the molecule is COc1ccc(Cl)cc1NC(=O)CSc1nc(C(C)(C)C)nc2c1c(=O)n(C)c(=O)n2C. The van der Waals surface area contributed by atoms with Gasteiger partial charge in [-0.1, -0.05) is 44.1 Å². The molecule has 3 rings (SSSR count). The van der Waals surface area contributed by atoms with Crippen LogP contribution in [0.2, 0.25) is 5.02 Å². The van der Waals surface area contributed by atoms with Gasteiger partial charge in [0.2, 0.25) is 5.91 Å². The van der Waals surface area contributed by atoms with Crippen molar-refractivity contribution >= 4 is 46.0 Å². The van der Waals surface area contributed by atoms with Crippen LogP contribution in [-0.4, -0.2) is 37.9 Å². The summed E-state index contributed by atoms with van der Waals surface area (Å²) in [4.78, 5) is 47.0. The smallest absolute Gasteiger partial charge is 0.332 e. The number of amides is 1. The van der Waals surface area contributed by atoms with E-state index in [2.05, 4.69) is 15.3 Å². The average molecular weight is 478 g/mol. The second-order valence-electron chi connectivity index (χ2n) is 8.19. The first kappa shape index (κ1) is 23.8. The van der Waals surface area contributed by atoms with E-state index in [0.717, 1.165) is 16.3 Å². The van der Waals surface area contributed by atoms with Crippen LogP contribution in [0.5, 0.6) is 5.75 Å². The minimum atomic E-state index is -0.511. The third-order valence-corrected chi connectivity index (χ3v) is 5.92. The molecule has 0 unspecified atom stereocenters. The fourth-order valence-corrected chi connectivity index (χ4v) is 3.95. The Labute approximate surface area is 193 Å². The summed E-state index contributed by atoms with van der Waals surface area (Å²) in [5.74, 6) is 0.574. The Kier molecular flexibility index (Phi) is 6.66. The van der Waals surface area contributed by atoms with E-state index >= 15 is 0 Å². The summed E-state index contributed by atoms with van der Waals surface area (Å²) in [6.07, 6.45) is 0. The fourth-order valence-electron chi connectivity index (χ4n) is 2.97. The minimum Gasteiger partial charge on any atom is -0.495 e. The second kappa shape index (κ2) is 8.95. The molecular weight excluding hydrogens is 454 g/mol. The van der Waals surface area contributed by atoms with Crippen molar-refractivity contribution in [3.8, 4) is 5.75 Å². The van der Waals surface area contributed by atoms with Gasteiger partial charge in [-0.3, -0.25) is 18.7 Å². The quantitative estimate of drug-likeness (QED) is 0.444. The zero-order valence-corrected chi connectivity index (χ0v) is 20.2. The number of fused-ring (bicyclic) bond motifs is 1. The van der Waals surface area contributed by atoms with Crippen LogP contribution in [-0.2, 0) is 24.3 Å². The highest BCUT2D eigenvalue weighted by Gasteiger charge is 2.24. The van der Waals surface area contributed by atoms with Gasteiger partial charge in [-0.05, 0) is 18.2 Å². The van der Waals surface area contributed by atoms with E-state index in [4.69, 9.17) is 16.3 Å². The molecule has 1 N–H and O–H groups in total. The van der Waals surface area contributed by atoms with Crippen LogP contribution in [0.25, 0.3) is 11.0 Å². The highest BCUT2D eigenvalue weighted by Crippen LogP contribution is 2.29. The normalized spacial score (nSPS) is 11.6. The number of halogens is 1. The number of carbonyl (C=O) groups excluding carboxylic acids is 1. The zero-order chi connectivity index (χ0) is 23.8. The van der Waals surface area contributed by atoms with E-state index in [9.17, 15) is 14.4 Å². The molecule has 2 heterocycles. The molecule has 0 radical (unpaired) electrons. The van der Waals surface area contributed by atoms with Gasteiger partial charge >= 0.3 is 5.69 Å². The zero-order valence-electron chi connectivity index (χ0n) is 18.6. The molecule has 0 fully saturated rings. The molecule has 32 heavy (non-hydrogen) atoms. The maximum absolute atomic E-state index is 12.9. The molecule has 1 aromatic carbocycles. The van der Waals surface area contributed by atoms with E-state index < -0.39 is 16.7 Å². The lowest BCUT2D eigenvalue weighted by molar-refractivity contribution is -0.113. The first-order valence-corrected chi connectivity index (χ1v) is 11.0. The van der Waals surface area contributed by atoms with Crippen molar-refractivity contribution in [1.82, 2.24) is 19.1 Å². The Bertz CT molecular complexity index is 1330. The van der Waals surface area contributed by atoms with Gasteiger partial charge in [0.1, 0.15) is 22.0 Å². The lowest BCUT2D eigenvalue weighted by atomic mass is 9.96. The first-order valence-electron chi connectivity index (χ1n) is 9.68. The molecule has 0 atom stereocenters. The van der Waals surface area contributed by atoms with E-state index in [1.807, 2.05) is 20.8 Å². The predicted octanol–water partition coefficient (Wildman–Crippen LogP) is 2.72. The third kappa shape index (κ3) is 4.66. The summed E-state index contributed by atoms with van der Waals surface area (Å²) in [5.41, 5.74) is -0.758. The monoisotopic (exact) mass is 477 g/mol. The molecule has 3 aromatic rings. The first-order chi connectivity index (χ1) is 14.9. The maximum Gasteiger partial charge on any atom is 0.332 e. The molecule has 9 nitrogen and oxygen atoms in total. The van der Waals surface area contributed by atoms with E-state index in [0.29, 0.717) is 27.3 Å². The fraction of sp³-hybridized carbons (Fsp3) is 0.381. The number of hydrogen-bond acceptors (Lipinski definition) is 7. The Hall–Kier alpha value is -2.85. The molecule has 0 saturated carbocycles. The van der Waals surface area contributed by atoms with Crippen molar-refractivity contribution in [2.45, 2.75) is 31.2 Å². The van der Waals surface area contributed by atoms with Crippen molar-refractivity contribution in [3.63, 3.8) is 0 Å². The van der Waals surface area contributed by atoms with Gasteiger partial charge in [0, 0.05) is 24.5 Å². The number of rotatable bonds is 5. The van der Waals surface area contributed by atoms with Gasteiger partial charge in [0.15, 0.2) is 5.65 Å². The van der Waals surface area contributed by atoms with Gasteiger partial charge in [0.05, 0.1) is 18.6 Å². The summed E-state index contributed by atoms with van der Waals surface area (Å²) in [7, 11) is 4.44. The van der Waals surface area contributed by atoms with Crippen LogP contribution in [0, 0.1) is 0 Å². The van der Waals surface area contributed by atoms with Crippen LogP contribution in [0.1, 0.15) is 26.6 Å². The number of benzene rings is 1. The topological polar surface area (TPSA) is 108 Å². The Morgan fingerprint density at radius 3 is 2.50 bits per heavy atom. The van der Waals surface area contributed by atoms with E-state index in [1.54, 1.807) is 25.2 Å².